The van der Waals surface area contributed by atoms with Gasteiger partial charge in [-0.05, 0) is 53.1 Å². The van der Waals surface area contributed by atoms with Gasteiger partial charge in [-0.25, -0.2) is 4.79 Å². The molecule has 0 saturated heterocycles. The first-order chi connectivity index (χ1) is 13.3. The normalized spacial score (nSPS) is 11.1. The van der Waals surface area contributed by atoms with Crippen molar-refractivity contribution in [2.24, 2.45) is 0 Å². The van der Waals surface area contributed by atoms with E-state index in [2.05, 4.69) is 4.74 Å². The summed E-state index contributed by atoms with van der Waals surface area (Å²) in [5.74, 6) is -0.695. The fraction of sp³-hybridized carbons (Fsp3) is 0.0952. The third-order valence-electron chi connectivity index (χ3n) is 3.85. The molecule has 3 aromatic rings. The van der Waals surface area contributed by atoms with E-state index in [1.165, 1.54) is 30.3 Å². The summed E-state index contributed by atoms with van der Waals surface area (Å²) in [6.45, 7) is 0.212. The van der Waals surface area contributed by atoms with Crippen LogP contribution in [0.3, 0.4) is 0 Å². The molecule has 7 heteroatoms. The molecule has 0 bridgehead atoms. The van der Waals surface area contributed by atoms with Gasteiger partial charge in [-0.2, -0.15) is 0 Å². The number of hydrogen-bond donors (Lipinski definition) is 1. The zero-order valence-electron chi connectivity index (χ0n) is 14.4. The van der Waals surface area contributed by atoms with E-state index >= 15 is 0 Å². The molecule has 0 saturated carbocycles. The Balaban J connectivity index is 1.63. The quantitative estimate of drug-likeness (QED) is 0.603. The fourth-order valence-electron chi connectivity index (χ4n) is 2.55. The molecule has 0 aliphatic rings. The van der Waals surface area contributed by atoms with Gasteiger partial charge >= 0.3 is 12.3 Å². The summed E-state index contributed by atoms with van der Waals surface area (Å²) in [6.07, 6.45) is -4.72. The minimum Gasteiger partial charge on any atom is -0.489 e. The zero-order chi connectivity index (χ0) is 20.1. The molecule has 0 amide bonds. The Kier molecular flexibility index (Phi) is 5.54. The molecule has 0 unspecified atom stereocenters. The molecule has 0 aliphatic carbocycles. The van der Waals surface area contributed by atoms with Crippen LogP contribution in [0.2, 0.25) is 0 Å². The second kappa shape index (κ2) is 8.04. The lowest BCUT2D eigenvalue weighted by Crippen LogP contribution is -2.16. The van der Waals surface area contributed by atoms with Crippen LogP contribution in [0, 0.1) is 0 Å². The van der Waals surface area contributed by atoms with E-state index in [-0.39, 0.29) is 17.9 Å². The molecule has 28 heavy (non-hydrogen) atoms. The van der Waals surface area contributed by atoms with Crippen molar-refractivity contribution >= 4 is 5.97 Å². The van der Waals surface area contributed by atoms with Crippen molar-refractivity contribution in [3.05, 3.63) is 83.9 Å². The lowest BCUT2D eigenvalue weighted by molar-refractivity contribution is -0.274. The molecule has 0 spiro atoms. The van der Waals surface area contributed by atoms with Crippen LogP contribution < -0.4 is 9.47 Å². The predicted molar refractivity (Wildman–Crippen MR) is 96.3 cm³/mol. The van der Waals surface area contributed by atoms with Gasteiger partial charge in [0.25, 0.3) is 0 Å². The maximum atomic E-state index is 12.2. The van der Waals surface area contributed by atoms with E-state index in [9.17, 15) is 18.0 Å². The van der Waals surface area contributed by atoms with Crippen LogP contribution >= 0.6 is 0 Å². The van der Waals surface area contributed by atoms with E-state index in [0.717, 1.165) is 16.7 Å². The summed E-state index contributed by atoms with van der Waals surface area (Å²) in [7, 11) is 0. The van der Waals surface area contributed by atoms with Gasteiger partial charge in [0, 0.05) is 0 Å². The summed E-state index contributed by atoms with van der Waals surface area (Å²) in [6, 6.07) is 19.1. The average molecular weight is 388 g/mol. The highest BCUT2D eigenvalue weighted by molar-refractivity contribution is 5.87. The van der Waals surface area contributed by atoms with Crippen LogP contribution in [0.5, 0.6) is 11.5 Å². The minimum absolute atomic E-state index is 0.189. The molecule has 0 aliphatic heterocycles. The van der Waals surface area contributed by atoms with Gasteiger partial charge in [0.05, 0.1) is 5.56 Å². The maximum Gasteiger partial charge on any atom is 0.573 e. The van der Waals surface area contributed by atoms with Gasteiger partial charge in [-0.15, -0.1) is 13.2 Å². The predicted octanol–water partition coefficient (Wildman–Crippen LogP) is 5.53. The molecular weight excluding hydrogens is 373 g/mol. The smallest absolute Gasteiger partial charge is 0.489 e. The molecule has 4 nitrogen and oxygen atoms in total. The Morgan fingerprint density at radius 2 is 1.43 bits per heavy atom. The highest BCUT2D eigenvalue weighted by Gasteiger charge is 2.30. The second-order valence-corrected chi connectivity index (χ2v) is 5.89. The molecule has 0 atom stereocenters. The van der Waals surface area contributed by atoms with Crippen LogP contribution in [0.4, 0.5) is 13.2 Å². The number of alkyl halides is 3. The van der Waals surface area contributed by atoms with Gasteiger partial charge in [-0.1, -0.05) is 36.4 Å². The molecule has 144 valence electrons. The molecule has 0 heterocycles. The SMILES string of the molecule is O=C(O)c1cccc(COc2ccc(-c3ccc(OC(F)(F)F)cc3)cc2)c1. The Morgan fingerprint density at radius 3 is 1.96 bits per heavy atom. The van der Waals surface area contributed by atoms with Gasteiger partial charge in [0.15, 0.2) is 0 Å². The van der Waals surface area contributed by atoms with Crippen LogP contribution in [0.25, 0.3) is 11.1 Å². The fourth-order valence-corrected chi connectivity index (χ4v) is 2.55. The number of carbonyl (C=O) groups is 1. The monoisotopic (exact) mass is 388 g/mol. The van der Waals surface area contributed by atoms with Gasteiger partial charge in [0.1, 0.15) is 18.1 Å². The van der Waals surface area contributed by atoms with Gasteiger partial charge < -0.3 is 14.6 Å². The van der Waals surface area contributed by atoms with E-state index in [1.807, 2.05) is 0 Å². The summed E-state index contributed by atoms with van der Waals surface area (Å²) < 4.78 is 46.1. The van der Waals surface area contributed by atoms with E-state index < -0.39 is 12.3 Å². The number of carboxylic acid groups (broad SMARTS) is 1. The Bertz CT molecular complexity index is 949. The summed E-state index contributed by atoms with van der Waals surface area (Å²) >= 11 is 0. The molecule has 0 fully saturated rings. The zero-order valence-corrected chi connectivity index (χ0v) is 14.4. The van der Waals surface area contributed by atoms with Crippen LogP contribution in [-0.2, 0) is 6.61 Å². The summed E-state index contributed by atoms with van der Waals surface area (Å²) in [5.41, 5.74) is 2.45. The topological polar surface area (TPSA) is 55.8 Å². The van der Waals surface area contributed by atoms with Crippen molar-refractivity contribution in [1.82, 2.24) is 0 Å². The lowest BCUT2D eigenvalue weighted by atomic mass is 10.1. The Hall–Kier alpha value is -3.48. The number of halogens is 3. The minimum atomic E-state index is -4.72. The van der Waals surface area contributed by atoms with Crippen molar-refractivity contribution in [2.75, 3.05) is 0 Å². The lowest BCUT2D eigenvalue weighted by Gasteiger charge is -2.10. The molecule has 3 rings (SSSR count). The van der Waals surface area contributed by atoms with Gasteiger partial charge in [-0.3, -0.25) is 0 Å². The highest BCUT2D eigenvalue weighted by atomic mass is 19.4. The highest BCUT2D eigenvalue weighted by Crippen LogP contribution is 2.27. The number of ether oxygens (including phenoxy) is 2. The maximum absolute atomic E-state index is 12.2. The van der Waals surface area contributed by atoms with Crippen molar-refractivity contribution in [2.45, 2.75) is 13.0 Å². The number of aromatic carboxylic acids is 1. The average Bonchev–Trinajstić information content (AvgIpc) is 2.66. The Labute approximate surface area is 158 Å². The van der Waals surface area contributed by atoms with Crippen LogP contribution in [0.15, 0.2) is 72.8 Å². The first-order valence-electron chi connectivity index (χ1n) is 8.21. The van der Waals surface area contributed by atoms with Crippen molar-refractivity contribution < 1.29 is 32.5 Å². The second-order valence-electron chi connectivity index (χ2n) is 5.89. The first-order valence-corrected chi connectivity index (χ1v) is 8.21. The number of carboxylic acids is 1. The molecular formula is C21H15F3O4. The van der Waals surface area contributed by atoms with Crippen molar-refractivity contribution in [1.29, 1.82) is 0 Å². The number of hydrogen-bond acceptors (Lipinski definition) is 3. The molecule has 0 radical (unpaired) electrons. The van der Waals surface area contributed by atoms with Crippen LogP contribution in [-0.4, -0.2) is 17.4 Å². The third kappa shape index (κ3) is 5.26. The Morgan fingerprint density at radius 1 is 0.857 bits per heavy atom. The van der Waals surface area contributed by atoms with E-state index in [0.29, 0.717) is 5.75 Å². The van der Waals surface area contributed by atoms with Crippen molar-refractivity contribution in [3.8, 4) is 22.6 Å². The van der Waals surface area contributed by atoms with E-state index in [4.69, 9.17) is 9.84 Å². The number of rotatable bonds is 6. The van der Waals surface area contributed by atoms with E-state index in [1.54, 1.807) is 42.5 Å². The molecule has 0 aromatic heterocycles. The standard InChI is InChI=1S/C21H15F3O4/c22-21(23,24)28-19-10-6-16(7-11-19)15-4-8-18(9-5-15)27-13-14-2-1-3-17(12-14)20(25)26/h1-12H,13H2,(H,25,26). The van der Waals surface area contributed by atoms with Gasteiger partial charge in [0.2, 0.25) is 0 Å². The van der Waals surface area contributed by atoms with Crippen molar-refractivity contribution in [3.63, 3.8) is 0 Å². The summed E-state index contributed by atoms with van der Waals surface area (Å²) in [5, 5.41) is 9.00. The van der Waals surface area contributed by atoms with Crippen LogP contribution in [0.1, 0.15) is 15.9 Å². The largest absolute Gasteiger partial charge is 0.573 e. The first kappa shape index (κ1) is 19.3. The summed E-state index contributed by atoms with van der Waals surface area (Å²) in [4.78, 5) is 11.0. The third-order valence-corrected chi connectivity index (χ3v) is 3.85. The molecule has 3 aromatic carbocycles. The number of benzene rings is 3. The molecule has 1 N–H and O–H groups in total.